The zero-order valence-corrected chi connectivity index (χ0v) is 18.5. The van der Waals surface area contributed by atoms with E-state index in [9.17, 15) is 9.59 Å². The van der Waals surface area contributed by atoms with E-state index < -0.39 is 0 Å². The Morgan fingerprint density at radius 3 is 2.35 bits per heavy atom. The van der Waals surface area contributed by atoms with Crippen LogP contribution in [0, 0.1) is 6.92 Å². The third-order valence-corrected chi connectivity index (χ3v) is 5.17. The van der Waals surface area contributed by atoms with Crippen LogP contribution in [0.1, 0.15) is 27.9 Å². The fraction of sp³-hybridized carbons (Fsp3) is 0.125. The average Bonchev–Trinajstić information content (AvgIpc) is 2.75. The quantitative estimate of drug-likeness (QED) is 0.442. The number of aryl methyl sites for hydroxylation is 2. The standard InChI is InChI=1S/C24H22ClN3O2S/c1-16-15-19(12-13-21(16)27-23(30)18-8-3-2-4-9-18)26-24(31)28-22(29)14-11-17-7-5-6-10-20(17)25/h2-10,12-13,15H,11,14H2,1H3,(H,27,30)(H2,26,28,29,31). The molecular formula is C24H22ClN3O2S. The Kier molecular flexibility index (Phi) is 7.76. The zero-order chi connectivity index (χ0) is 22.2. The maximum absolute atomic E-state index is 12.3. The third-order valence-electron chi connectivity index (χ3n) is 4.60. The molecule has 2 amide bonds. The van der Waals surface area contributed by atoms with Gasteiger partial charge in [-0.25, -0.2) is 0 Å². The van der Waals surface area contributed by atoms with Gasteiger partial charge >= 0.3 is 0 Å². The van der Waals surface area contributed by atoms with Crippen molar-refractivity contribution in [1.29, 1.82) is 0 Å². The van der Waals surface area contributed by atoms with Crippen molar-refractivity contribution in [2.45, 2.75) is 19.8 Å². The highest BCUT2D eigenvalue weighted by Crippen LogP contribution is 2.21. The van der Waals surface area contributed by atoms with Gasteiger partial charge in [0.2, 0.25) is 5.91 Å². The normalized spacial score (nSPS) is 10.3. The van der Waals surface area contributed by atoms with Crippen LogP contribution in [0.4, 0.5) is 11.4 Å². The van der Waals surface area contributed by atoms with E-state index in [-0.39, 0.29) is 23.3 Å². The molecule has 3 aromatic carbocycles. The van der Waals surface area contributed by atoms with E-state index in [0.29, 0.717) is 28.4 Å². The van der Waals surface area contributed by atoms with Crippen LogP contribution in [-0.2, 0) is 11.2 Å². The monoisotopic (exact) mass is 451 g/mol. The summed E-state index contributed by atoms with van der Waals surface area (Å²) in [5.41, 5.74) is 3.79. The summed E-state index contributed by atoms with van der Waals surface area (Å²) in [6, 6.07) is 21.9. The molecule has 0 atom stereocenters. The van der Waals surface area contributed by atoms with E-state index in [1.165, 1.54) is 0 Å². The first-order valence-electron chi connectivity index (χ1n) is 9.73. The van der Waals surface area contributed by atoms with Gasteiger partial charge < -0.3 is 16.0 Å². The van der Waals surface area contributed by atoms with Crippen LogP contribution in [0.25, 0.3) is 0 Å². The molecule has 0 aliphatic carbocycles. The summed E-state index contributed by atoms with van der Waals surface area (Å²) in [6.07, 6.45) is 0.804. The molecule has 0 bridgehead atoms. The molecule has 158 valence electrons. The highest BCUT2D eigenvalue weighted by atomic mass is 35.5. The van der Waals surface area contributed by atoms with Crippen LogP contribution in [-0.4, -0.2) is 16.9 Å². The first kappa shape index (κ1) is 22.5. The number of carbonyl (C=O) groups is 2. The van der Waals surface area contributed by atoms with Crippen molar-refractivity contribution in [3.63, 3.8) is 0 Å². The molecule has 0 fully saturated rings. The summed E-state index contributed by atoms with van der Waals surface area (Å²) in [6.45, 7) is 1.89. The van der Waals surface area contributed by atoms with Gasteiger partial charge in [-0.15, -0.1) is 0 Å². The molecule has 3 N–H and O–H groups in total. The van der Waals surface area contributed by atoms with E-state index in [2.05, 4.69) is 16.0 Å². The largest absolute Gasteiger partial charge is 0.332 e. The van der Waals surface area contributed by atoms with E-state index in [0.717, 1.165) is 11.1 Å². The molecule has 3 aromatic rings. The Morgan fingerprint density at radius 1 is 0.935 bits per heavy atom. The summed E-state index contributed by atoms with van der Waals surface area (Å²) < 4.78 is 0. The van der Waals surface area contributed by atoms with Gasteiger partial charge in [-0.05, 0) is 73.1 Å². The number of rotatable bonds is 6. The lowest BCUT2D eigenvalue weighted by Gasteiger charge is -2.13. The Morgan fingerprint density at radius 2 is 1.65 bits per heavy atom. The van der Waals surface area contributed by atoms with Gasteiger partial charge in [0.05, 0.1) is 0 Å². The van der Waals surface area contributed by atoms with Gasteiger partial charge in [0.15, 0.2) is 5.11 Å². The number of halogens is 1. The molecule has 0 saturated carbocycles. The van der Waals surface area contributed by atoms with E-state index in [1.807, 2.05) is 49.4 Å². The molecule has 0 unspecified atom stereocenters. The lowest BCUT2D eigenvalue weighted by atomic mass is 10.1. The Bertz CT molecular complexity index is 1100. The van der Waals surface area contributed by atoms with Crippen molar-refractivity contribution in [2.24, 2.45) is 0 Å². The molecule has 0 aliphatic heterocycles. The number of carbonyl (C=O) groups excluding carboxylic acids is 2. The molecule has 3 rings (SSSR count). The zero-order valence-electron chi connectivity index (χ0n) is 16.9. The highest BCUT2D eigenvalue weighted by molar-refractivity contribution is 7.80. The predicted molar refractivity (Wildman–Crippen MR) is 130 cm³/mol. The molecule has 0 saturated heterocycles. The van der Waals surface area contributed by atoms with Gasteiger partial charge in [-0.2, -0.15) is 0 Å². The minimum atomic E-state index is -0.194. The molecule has 7 heteroatoms. The Balaban J connectivity index is 1.52. The summed E-state index contributed by atoms with van der Waals surface area (Å²) >= 11 is 11.4. The fourth-order valence-corrected chi connectivity index (χ4v) is 3.43. The number of thiocarbonyl (C=S) groups is 1. The molecular weight excluding hydrogens is 430 g/mol. The van der Waals surface area contributed by atoms with Gasteiger partial charge in [-0.3, -0.25) is 9.59 Å². The fourth-order valence-electron chi connectivity index (χ4n) is 2.97. The van der Waals surface area contributed by atoms with Crippen LogP contribution in [0.2, 0.25) is 5.02 Å². The van der Waals surface area contributed by atoms with Crippen LogP contribution in [0.5, 0.6) is 0 Å². The van der Waals surface area contributed by atoms with Crippen molar-refractivity contribution >= 4 is 52.1 Å². The first-order chi connectivity index (χ1) is 14.9. The molecule has 0 radical (unpaired) electrons. The third kappa shape index (κ3) is 6.64. The lowest BCUT2D eigenvalue weighted by molar-refractivity contribution is -0.119. The molecule has 0 aliphatic rings. The summed E-state index contributed by atoms with van der Waals surface area (Å²) in [4.78, 5) is 24.5. The summed E-state index contributed by atoms with van der Waals surface area (Å²) in [7, 11) is 0. The van der Waals surface area contributed by atoms with Gasteiger partial charge in [0.25, 0.3) is 5.91 Å². The molecule has 0 heterocycles. The SMILES string of the molecule is Cc1cc(NC(=S)NC(=O)CCc2ccccc2Cl)ccc1NC(=O)c1ccccc1. The minimum absolute atomic E-state index is 0.175. The van der Waals surface area contributed by atoms with Crippen LogP contribution >= 0.6 is 23.8 Å². The number of hydrogen-bond donors (Lipinski definition) is 3. The summed E-state index contributed by atoms with van der Waals surface area (Å²) in [5.74, 6) is -0.369. The second-order valence-electron chi connectivity index (χ2n) is 6.94. The molecule has 5 nitrogen and oxygen atoms in total. The van der Waals surface area contributed by atoms with Crippen molar-refractivity contribution in [3.05, 3.63) is 94.5 Å². The van der Waals surface area contributed by atoms with Crippen LogP contribution in [0.15, 0.2) is 72.8 Å². The smallest absolute Gasteiger partial charge is 0.255 e. The lowest BCUT2D eigenvalue weighted by Crippen LogP contribution is -2.34. The number of anilines is 2. The maximum Gasteiger partial charge on any atom is 0.255 e. The molecule has 0 spiro atoms. The van der Waals surface area contributed by atoms with Crippen molar-refractivity contribution in [2.75, 3.05) is 10.6 Å². The Hall–Kier alpha value is -3.22. The van der Waals surface area contributed by atoms with Gasteiger partial charge in [-0.1, -0.05) is 48.0 Å². The molecule has 31 heavy (non-hydrogen) atoms. The maximum atomic E-state index is 12.3. The second-order valence-corrected chi connectivity index (χ2v) is 7.76. The predicted octanol–water partition coefficient (Wildman–Crippen LogP) is 5.35. The number of nitrogens with one attached hydrogen (secondary N) is 3. The van der Waals surface area contributed by atoms with E-state index in [1.54, 1.807) is 30.3 Å². The number of hydrogen-bond acceptors (Lipinski definition) is 3. The minimum Gasteiger partial charge on any atom is -0.332 e. The number of amides is 2. The first-order valence-corrected chi connectivity index (χ1v) is 10.5. The molecule has 0 aromatic heterocycles. The van der Waals surface area contributed by atoms with Crippen LogP contribution in [0.3, 0.4) is 0 Å². The van der Waals surface area contributed by atoms with Crippen molar-refractivity contribution in [1.82, 2.24) is 5.32 Å². The van der Waals surface area contributed by atoms with E-state index in [4.69, 9.17) is 23.8 Å². The second kappa shape index (κ2) is 10.7. The number of benzene rings is 3. The topological polar surface area (TPSA) is 70.2 Å². The summed E-state index contributed by atoms with van der Waals surface area (Å²) in [5, 5.41) is 9.42. The van der Waals surface area contributed by atoms with Gasteiger partial charge in [0, 0.05) is 28.4 Å². The Labute approximate surface area is 191 Å². The van der Waals surface area contributed by atoms with Crippen molar-refractivity contribution in [3.8, 4) is 0 Å². The highest BCUT2D eigenvalue weighted by Gasteiger charge is 2.10. The van der Waals surface area contributed by atoms with Gasteiger partial charge in [0.1, 0.15) is 0 Å². The van der Waals surface area contributed by atoms with Crippen molar-refractivity contribution < 1.29 is 9.59 Å². The average molecular weight is 452 g/mol. The van der Waals surface area contributed by atoms with Crippen LogP contribution < -0.4 is 16.0 Å². The van der Waals surface area contributed by atoms with E-state index >= 15 is 0 Å².